The summed E-state index contributed by atoms with van der Waals surface area (Å²) >= 11 is 1.08. The molecular formula is C20H24N2O3S2. The number of aryl methyl sites for hydroxylation is 3. The maximum absolute atomic E-state index is 12.9. The molecule has 1 heterocycles. The molecule has 5 nitrogen and oxygen atoms in total. The van der Waals surface area contributed by atoms with Gasteiger partial charge in [0, 0.05) is 12.6 Å². The predicted octanol–water partition coefficient (Wildman–Crippen LogP) is 4.13. The molecule has 0 aliphatic rings. The normalized spacial score (nSPS) is 13.2. The van der Waals surface area contributed by atoms with E-state index < -0.39 is 10.0 Å². The number of sulfonamides is 1. The summed E-state index contributed by atoms with van der Waals surface area (Å²) in [6.07, 6.45) is 0.848. The fraction of sp³-hybridized carbons (Fsp3) is 0.350. The summed E-state index contributed by atoms with van der Waals surface area (Å²) in [6, 6.07) is 10.5. The molecule has 3 rings (SSSR count). The standard InChI is InChI=1S/C20H24N2O3S2/c1-5-10-22-18-9-8-16(12-19(18)26-20(22)23)27(24,25)21-15(4)17-11-13(2)6-7-14(17)3/h6-9,11-12,15,21H,5,10H2,1-4H3/t15-/m0/s1. The fourth-order valence-corrected chi connectivity index (χ4v) is 5.52. The highest BCUT2D eigenvalue weighted by Crippen LogP contribution is 2.25. The monoisotopic (exact) mass is 404 g/mol. The number of nitrogens with one attached hydrogen (secondary N) is 1. The summed E-state index contributed by atoms with van der Waals surface area (Å²) in [7, 11) is -3.70. The van der Waals surface area contributed by atoms with Gasteiger partial charge in [-0.2, -0.15) is 0 Å². The SMILES string of the molecule is CCCn1c(=O)sc2cc(S(=O)(=O)N[C@@H](C)c3cc(C)ccc3C)ccc21. The molecule has 27 heavy (non-hydrogen) atoms. The zero-order valence-corrected chi connectivity index (χ0v) is 17.6. The summed E-state index contributed by atoms with van der Waals surface area (Å²) in [6.45, 7) is 8.44. The van der Waals surface area contributed by atoms with Gasteiger partial charge in [0.05, 0.1) is 15.1 Å². The molecule has 7 heteroatoms. The number of fused-ring (bicyclic) bond motifs is 1. The second-order valence-electron chi connectivity index (χ2n) is 6.85. The van der Waals surface area contributed by atoms with Crippen LogP contribution in [0.25, 0.3) is 10.2 Å². The van der Waals surface area contributed by atoms with E-state index in [2.05, 4.69) is 4.72 Å². The van der Waals surface area contributed by atoms with Crippen LogP contribution in [0, 0.1) is 13.8 Å². The van der Waals surface area contributed by atoms with Crippen LogP contribution in [-0.2, 0) is 16.6 Å². The van der Waals surface area contributed by atoms with Crippen molar-refractivity contribution in [2.24, 2.45) is 0 Å². The Kier molecular flexibility index (Phi) is 5.55. The Morgan fingerprint density at radius 3 is 2.59 bits per heavy atom. The Morgan fingerprint density at radius 2 is 1.89 bits per heavy atom. The van der Waals surface area contributed by atoms with Gasteiger partial charge in [-0.05, 0) is 56.5 Å². The van der Waals surface area contributed by atoms with E-state index in [-0.39, 0.29) is 15.8 Å². The smallest absolute Gasteiger partial charge is 0.299 e. The van der Waals surface area contributed by atoms with Crippen LogP contribution in [0.1, 0.15) is 43.0 Å². The molecule has 0 saturated carbocycles. The number of hydrogen-bond acceptors (Lipinski definition) is 4. The molecule has 1 atom stereocenters. The number of nitrogens with zero attached hydrogens (tertiary/aromatic N) is 1. The molecule has 2 aromatic carbocycles. The zero-order valence-electron chi connectivity index (χ0n) is 15.9. The van der Waals surface area contributed by atoms with E-state index in [1.165, 1.54) is 0 Å². The second-order valence-corrected chi connectivity index (χ2v) is 9.56. The third-order valence-corrected chi connectivity index (χ3v) is 7.11. The lowest BCUT2D eigenvalue weighted by atomic mass is 10.0. The van der Waals surface area contributed by atoms with Gasteiger partial charge < -0.3 is 0 Å². The Bertz CT molecular complexity index is 1140. The summed E-state index contributed by atoms with van der Waals surface area (Å²) in [5.74, 6) is 0. The van der Waals surface area contributed by atoms with Crippen molar-refractivity contribution in [3.63, 3.8) is 0 Å². The molecule has 0 fully saturated rings. The molecule has 144 valence electrons. The van der Waals surface area contributed by atoms with E-state index in [1.54, 1.807) is 22.8 Å². The molecule has 0 radical (unpaired) electrons. The van der Waals surface area contributed by atoms with Gasteiger partial charge in [0.15, 0.2) is 0 Å². The highest BCUT2D eigenvalue weighted by atomic mass is 32.2. The number of hydrogen-bond donors (Lipinski definition) is 1. The van der Waals surface area contributed by atoms with E-state index in [0.29, 0.717) is 11.2 Å². The second kappa shape index (κ2) is 7.58. The number of thiazole rings is 1. The van der Waals surface area contributed by atoms with Gasteiger partial charge in [0.2, 0.25) is 10.0 Å². The van der Waals surface area contributed by atoms with Crippen LogP contribution in [0.5, 0.6) is 0 Å². The van der Waals surface area contributed by atoms with E-state index in [9.17, 15) is 13.2 Å². The van der Waals surface area contributed by atoms with Crippen molar-refractivity contribution in [1.82, 2.24) is 9.29 Å². The van der Waals surface area contributed by atoms with Gasteiger partial charge in [0.25, 0.3) is 0 Å². The molecule has 0 spiro atoms. The summed E-state index contributed by atoms with van der Waals surface area (Å²) < 4.78 is 30.9. The Morgan fingerprint density at radius 1 is 1.15 bits per heavy atom. The number of benzene rings is 2. The van der Waals surface area contributed by atoms with Crippen LogP contribution in [0.3, 0.4) is 0 Å². The van der Waals surface area contributed by atoms with Gasteiger partial charge >= 0.3 is 4.87 Å². The van der Waals surface area contributed by atoms with E-state index >= 15 is 0 Å². The Balaban J connectivity index is 1.95. The number of aromatic nitrogens is 1. The van der Waals surface area contributed by atoms with Crippen molar-refractivity contribution >= 4 is 31.6 Å². The Labute approximate surface area is 163 Å². The van der Waals surface area contributed by atoms with Crippen LogP contribution in [0.4, 0.5) is 0 Å². The average Bonchev–Trinajstić information content (AvgIpc) is 2.92. The van der Waals surface area contributed by atoms with Gasteiger partial charge in [-0.25, -0.2) is 13.1 Å². The summed E-state index contributed by atoms with van der Waals surface area (Å²) in [4.78, 5) is 12.3. The molecule has 1 aromatic heterocycles. The van der Waals surface area contributed by atoms with Crippen molar-refractivity contribution in [2.75, 3.05) is 0 Å². The van der Waals surface area contributed by atoms with Crippen LogP contribution in [0.15, 0.2) is 46.1 Å². The van der Waals surface area contributed by atoms with Gasteiger partial charge in [-0.3, -0.25) is 9.36 Å². The molecule has 1 N–H and O–H groups in total. The minimum Gasteiger partial charge on any atom is -0.299 e. The molecular weight excluding hydrogens is 380 g/mol. The van der Waals surface area contributed by atoms with E-state index in [1.807, 2.05) is 45.9 Å². The topological polar surface area (TPSA) is 68.2 Å². The number of rotatable bonds is 6. The maximum atomic E-state index is 12.9. The first-order valence-corrected chi connectivity index (χ1v) is 11.3. The van der Waals surface area contributed by atoms with Gasteiger partial charge in [-0.15, -0.1) is 0 Å². The molecule has 3 aromatic rings. The lowest BCUT2D eigenvalue weighted by Gasteiger charge is -2.17. The Hall–Kier alpha value is -1.96. The van der Waals surface area contributed by atoms with Crippen LogP contribution < -0.4 is 9.60 Å². The third kappa shape index (κ3) is 4.00. The molecule has 0 amide bonds. The molecule has 0 bridgehead atoms. The van der Waals surface area contributed by atoms with Crippen molar-refractivity contribution in [1.29, 1.82) is 0 Å². The highest BCUT2D eigenvalue weighted by Gasteiger charge is 2.21. The first-order chi connectivity index (χ1) is 12.7. The summed E-state index contributed by atoms with van der Waals surface area (Å²) in [5, 5.41) is 0. The third-order valence-electron chi connectivity index (χ3n) is 4.63. The van der Waals surface area contributed by atoms with Gasteiger partial charge in [-0.1, -0.05) is 42.0 Å². The van der Waals surface area contributed by atoms with E-state index in [0.717, 1.165) is 40.0 Å². The minimum absolute atomic E-state index is 0.0573. The van der Waals surface area contributed by atoms with Crippen LogP contribution in [0.2, 0.25) is 0 Å². The molecule has 0 saturated heterocycles. The van der Waals surface area contributed by atoms with Crippen LogP contribution >= 0.6 is 11.3 Å². The predicted molar refractivity (Wildman–Crippen MR) is 111 cm³/mol. The van der Waals surface area contributed by atoms with Gasteiger partial charge in [0.1, 0.15) is 0 Å². The van der Waals surface area contributed by atoms with Crippen molar-refractivity contribution < 1.29 is 8.42 Å². The molecule has 0 aliphatic carbocycles. The molecule has 0 unspecified atom stereocenters. The lowest BCUT2D eigenvalue weighted by Crippen LogP contribution is -2.27. The van der Waals surface area contributed by atoms with E-state index in [4.69, 9.17) is 0 Å². The minimum atomic E-state index is -3.70. The lowest BCUT2D eigenvalue weighted by molar-refractivity contribution is 0.566. The fourth-order valence-electron chi connectivity index (χ4n) is 3.24. The first kappa shape index (κ1) is 19.8. The van der Waals surface area contributed by atoms with Crippen LogP contribution in [-0.4, -0.2) is 13.0 Å². The van der Waals surface area contributed by atoms with Crippen molar-refractivity contribution in [3.8, 4) is 0 Å². The summed E-state index contributed by atoms with van der Waals surface area (Å²) in [5.41, 5.74) is 3.87. The van der Waals surface area contributed by atoms with Crippen molar-refractivity contribution in [3.05, 3.63) is 62.8 Å². The largest absolute Gasteiger partial charge is 0.308 e. The van der Waals surface area contributed by atoms with Crippen molar-refractivity contribution in [2.45, 2.75) is 51.6 Å². The quantitative estimate of drug-likeness (QED) is 0.672. The zero-order chi connectivity index (χ0) is 19.8. The molecule has 0 aliphatic heterocycles. The highest BCUT2D eigenvalue weighted by molar-refractivity contribution is 7.89. The average molecular weight is 405 g/mol. The first-order valence-electron chi connectivity index (χ1n) is 8.96. The maximum Gasteiger partial charge on any atom is 0.308 e.